The van der Waals surface area contributed by atoms with Gasteiger partial charge in [0.05, 0.1) is 4.88 Å². The number of aryl methyl sites for hydroxylation is 1. The van der Waals surface area contributed by atoms with Crippen molar-refractivity contribution in [3.8, 4) is 10.8 Å². The molecule has 0 spiro atoms. The van der Waals surface area contributed by atoms with E-state index >= 15 is 0 Å². The van der Waals surface area contributed by atoms with Gasteiger partial charge in [-0.15, -0.1) is 21.5 Å². The molecule has 1 amide bonds. The molecule has 5 nitrogen and oxygen atoms in total. The molecule has 19 heavy (non-hydrogen) atoms. The number of carbonyl (C=O) groups excluding carboxylic acids is 1. The fourth-order valence-electron chi connectivity index (χ4n) is 1.57. The van der Waals surface area contributed by atoms with Crippen LogP contribution in [0.25, 0.3) is 10.8 Å². The van der Waals surface area contributed by atoms with Crippen LogP contribution in [-0.4, -0.2) is 22.6 Å². The van der Waals surface area contributed by atoms with E-state index in [9.17, 15) is 4.79 Å². The third-order valence-corrected chi connectivity index (χ3v) is 3.48. The number of nitrogens with zero attached hydrogens (tertiary/aromatic N) is 2. The van der Waals surface area contributed by atoms with E-state index in [1.807, 2.05) is 17.5 Å². The highest BCUT2D eigenvalue weighted by Gasteiger charge is 2.10. The molecule has 2 heterocycles. The van der Waals surface area contributed by atoms with Crippen molar-refractivity contribution in [3.05, 3.63) is 23.4 Å². The van der Waals surface area contributed by atoms with Crippen molar-refractivity contribution in [3.63, 3.8) is 0 Å². The quantitative estimate of drug-likeness (QED) is 0.791. The fraction of sp³-hybridized carbons (Fsp3) is 0.462. The molecule has 0 radical (unpaired) electrons. The lowest BCUT2D eigenvalue weighted by atomic mass is 10.3. The summed E-state index contributed by atoms with van der Waals surface area (Å²) in [6.07, 6.45) is 2.95. The predicted octanol–water partition coefficient (Wildman–Crippen LogP) is 2.65. The summed E-state index contributed by atoms with van der Waals surface area (Å²) in [6.45, 7) is 2.83. The van der Waals surface area contributed by atoms with Crippen molar-refractivity contribution >= 4 is 17.2 Å². The normalized spacial score (nSPS) is 10.6. The standard InChI is InChI=1S/C13H17N3O2S/c1-2-3-8-14-11(17)6-7-12-15-16-13(18-12)10-5-4-9-19-10/h4-5,9H,2-3,6-8H2,1H3,(H,14,17). The van der Waals surface area contributed by atoms with Crippen LogP contribution in [0.3, 0.4) is 0 Å². The number of unbranched alkanes of at least 4 members (excludes halogenated alkanes) is 1. The van der Waals surface area contributed by atoms with E-state index < -0.39 is 0 Å². The van der Waals surface area contributed by atoms with Gasteiger partial charge in [-0.05, 0) is 17.9 Å². The van der Waals surface area contributed by atoms with Crippen LogP contribution in [0.2, 0.25) is 0 Å². The smallest absolute Gasteiger partial charge is 0.257 e. The van der Waals surface area contributed by atoms with Crippen LogP contribution in [0.1, 0.15) is 32.1 Å². The second-order valence-corrected chi connectivity index (χ2v) is 5.13. The lowest BCUT2D eigenvalue weighted by Crippen LogP contribution is -2.24. The molecule has 0 aliphatic rings. The van der Waals surface area contributed by atoms with Gasteiger partial charge in [-0.3, -0.25) is 4.79 Å². The molecule has 0 bridgehead atoms. The Labute approximate surface area is 116 Å². The van der Waals surface area contributed by atoms with E-state index in [0.29, 0.717) is 24.6 Å². The van der Waals surface area contributed by atoms with Crippen LogP contribution in [0.4, 0.5) is 0 Å². The Hall–Kier alpha value is -1.69. The zero-order valence-corrected chi connectivity index (χ0v) is 11.7. The second kappa shape index (κ2) is 7.04. The molecule has 0 atom stereocenters. The molecular formula is C13H17N3O2S. The average molecular weight is 279 g/mol. The van der Waals surface area contributed by atoms with E-state index in [1.54, 1.807) is 11.3 Å². The minimum absolute atomic E-state index is 0.0318. The van der Waals surface area contributed by atoms with Gasteiger partial charge in [0.1, 0.15) is 0 Å². The lowest BCUT2D eigenvalue weighted by molar-refractivity contribution is -0.121. The Morgan fingerprint density at radius 3 is 3.11 bits per heavy atom. The summed E-state index contributed by atoms with van der Waals surface area (Å²) in [4.78, 5) is 12.5. The molecule has 2 rings (SSSR count). The van der Waals surface area contributed by atoms with Crippen LogP contribution in [0.15, 0.2) is 21.9 Å². The first kappa shape index (κ1) is 13.7. The Balaban J connectivity index is 1.79. The maximum absolute atomic E-state index is 11.5. The van der Waals surface area contributed by atoms with Gasteiger partial charge in [0.25, 0.3) is 5.89 Å². The minimum atomic E-state index is 0.0318. The SMILES string of the molecule is CCCCNC(=O)CCc1nnc(-c2cccs2)o1. The summed E-state index contributed by atoms with van der Waals surface area (Å²) >= 11 is 1.55. The molecule has 102 valence electrons. The maximum atomic E-state index is 11.5. The van der Waals surface area contributed by atoms with Gasteiger partial charge < -0.3 is 9.73 Å². The van der Waals surface area contributed by atoms with Crippen LogP contribution in [0.5, 0.6) is 0 Å². The van der Waals surface area contributed by atoms with Crippen LogP contribution in [0, 0.1) is 0 Å². The van der Waals surface area contributed by atoms with Gasteiger partial charge in [0.2, 0.25) is 11.8 Å². The molecule has 6 heteroatoms. The van der Waals surface area contributed by atoms with E-state index in [1.165, 1.54) is 0 Å². The number of amides is 1. The highest BCUT2D eigenvalue weighted by Crippen LogP contribution is 2.23. The highest BCUT2D eigenvalue weighted by atomic mass is 32.1. The summed E-state index contributed by atoms with van der Waals surface area (Å²) in [7, 11) is 0. The average Bonchev–Trinajstić information content (AvgIpc) is 3.07. The van der Waals surface area contributed by atoms with E-state index in [-0.39, 0.29) is 5.91 Å². The molecule has 0 aliphatic carbocycles. The number of nitrogens with one attached hydrogen (secondary N) is 1. The summed E-state index contributed by atoms with van der Waals surface area (Å²) < 4.78 is 5.51. The van der Waals surface area contributed by atoms with Crippen LogP contribution in [-0.2, 0) is 11.2 Å². The first-order valence-electron chi connectivity index (χ1n) is 6.42. The van der Waals surface area contributed by atoms with E-state index in [2.05, 4.69) is 22.4 Å². The first-order chi connectivity index (χ1) is 9.29. The molecule has 0 fully saturated rings. The van der Waals surface area contributed by atoms with Crippen molar-refractivity contribution in [2.45, 2.75) is 32.6 Å². The summed E-state index contributed by atoms with van der Waals surface area (Å²) in [5.74, 6) is 1.06. The summed E-state index contributed by atoms with van der Waals surface area (Å²) in [5, 5.41) is 12.7. The Morgan fingerprint density at radius 1 is 1.47 bits per heavy atom. The van der Waals surface area contributed by atoms with Crippen molar-refractivity contribution in [1.82, 2.24) is 15.5 Å². The maximum Gasteiger partial charge on any atom is 0.257 e. The summed E-state index contributed by atoms with van der Waals surface area (Å²) in [5.41, 5.74) is 0. The highest BCUT2D eigenvalue weighted by molar-refractivity contribution is 7.13. The van der Waals surface area contributed by atoms with E-state index in [4.69, 9.17) is 4.42 Å². The monoisotopic (exact) mass is 279 g/mol. The largest absolute Gasteiger partial charge is 0.420 e. The van der Waals surface area contributed by atoms with Gasteiger partial charge in [0.15, 0.2) is 0 Å². The third kappa shape index (κ3) is 4.17. The molecule has 0 unspecified atom stereocenters. The van der Waals surface area contributed by atoms with Gasteiger partial charge in [-0.25, -0.2) is 0 Å². The first-order valence-corrected chi connectivity index (χ1v) is 7.30. The second-order valence-electron chi connectivity index (χ2n) is 4.18. The third-order valence-electron chi connectivity index (χ3n) is 2.62. The van der Waals surface area contributed by atoms with Gasteiger partial charge in [-0.2, -0.15) is 0 Å². The number of thiophene rings is 1. The van der Waals surface area contributed by atoms with Crippen molar-refractivity contribution in [2.24, 2.45) is 0 Å². The number of hydrogen-bond donors (Lipinski definition) is 1. The molecule has 0 aromatic carbocycles. The van der Waals surface area contributed by atoms with Crippen molar-refractivity contribution in [2.75, 3.05) is 6.54 Å². The minimum Gasteiger partial charge on any atom is -0.420 e. The zero-order chi connectivity index (χ0) is 13.5. The summed E-state index contributed by atoms with van der Waals surface area (Å²) in [6, 6.07) is 3.87. The Morgan fingerprint density at radius 2 is 2.37 bits per heavy atom. The fourth-order valence-corrected chi connectivity index (χ4v) is 2.21. The molecule has 0 saturated heterocycles. The van der Waals surface area contributed by atoms with Crippen molar-refractivity contribution in [1.29, 1.82) is 0 Å². The van der Waals surface area contributed by atoms with Crippen LogP contribution < -0.4 is 5.32 Å². The number of carbonyl (C=O) groups is 1. The topological polar surface area (TPSA) is 68.0 Å². The zero-order valence-electron chi connectivity index (χ0n) is 10.9. The lowest BCUT2D eigenvalue weighted by Gasteiger charge is -2.01. The molecule has 2 aromatic rings. The Kier molecular flexibility index (Phi) is 5.09. The van der Waals surface area contributed by atoms with Gasteiger partial charge in [-0.1, -0.05) is 19.4 Å². The molecule has 0 aliphatic heterocycles. The van der Waals surface area contributed by atoms with Crippen LogP contribution >= 0.6 is 11.3 Å². The molecule has 2 aromatic heterocycles. The molecule has 1 N–H and O–H groups in total. The predicted molar refractivity (Wildman–Crippen MR) is 73.8 cm³/mol. The van der Waals surface area contributed by atoms with Gasteiger partial charge >= 0.3 is 0 Å². The molecular weight excluding hydrogens is 262 g/mol. The van der Waals surface area contributed by atoms with Gasteiger partial charge in [0, 0.05) is 19.4 Å². The molecule has 0 saturated carbocycles. The number of rotatable bonds is 7. The van der Waals surface area contributed by atoms with Crippen molar-refractivity contribution < 1.29 is 9.21 Å². The van der Waals surface area contributed by atoms with E-state index in [0.717, 1.165) is 24.3 Å². The number of aromatic nitrogens is 2. The number of hydrogen-bond acceptors (Lipinski definition) is 5. The Bertz CT molecular complexity index is 508.